The molecular formula is C23H22F3N3O5. The van der Waals surface area contributed by atoms with Crippen molar-refractivity contribution in [3.05, 3.63) is 53.7 Å². The molecule has 1 atom stereocenters. The van der Waals surface area contributed by atoms with E-state index in [1.165, 1.54) is 12.1 Å². The molecule has 0 radical (unpaired) electrons. The minimum absolute atomic E-state index is 0.0969. The van der Waals surface area contributed by atoms with E-state index < -0.39 is 47.7 Å². The number of para-hydroxylation sites is 2. The molecule has 2 aromatic carbocycles. The molecule has 1 N–H and O–H groups in total. The first kappa shape index (κ1) is 23.4. The Kier molecular flexibility index (Phi) is 5.88. The van der Waals surface area contributed by atoms with Crippen LogP contribution in [0.2, 0.25) is 0 Å². The third kappa shape index (κ3) is 4.78. The molecule has 3 aromatic rings. The van der Waals surface area contributed by atoms with Gasteiger partial charge >= 0.3 is 12.3 Å². The topological polar surface area (TPSA) is 93.9 Å². The van der Waals surface area contributed by atoms with Crippen LogP contribution >= 0.6 is 0 Å². The van der Waals surface area contributed by atoms with E-state index in [1.54, 1.807) is 45.0 Å². The molecule has 34 heavy (non-hydrogen) atoms. The number of fused-ring (bicyclic) bond motifs is 2. The second kappa shape index (κ2) is 8.54. The van der Waals surface area contributed by atoms with Crippen LogP contribution in [0, 0.1) is 0 Å². The fourth-order valence-corrected chi connectivity index (χ4v) is 3.58. The Labute approximate surface area is 192 Å². The van der Waals surface area contributed by atoms with Crippen LogP contribution in [0.4, 0.5) is 23.7 Å². The van der Waals surface area contributed by atoms with E-state index in [1.807, 2.05) is 0 Å². The van der Waals surface area contributed by atoms with Crippen molar-refractivity contribution >= 4 is 28.7 Å². The molecule has 0 aliphatic carbocycles. The molecule has 0 fully saturated rings. The van der Waals surface area contributed by atoms with Crippen molar-refractivity contribution in [2.24, 2.45) is 0 Å². The standard InChI is InChI=1S/C23H22F3N3O5/c1-22(2,3)33-21(31)27-16-12-32-19-14(23(24,25)26)8-6-9-17(19)29(20(16)30)11-15-13-7-4-5-10-18(13)34-28-15/h4-10,16H,11-12H2,1-3H3,(H,27,31)/t16-/m0/s1. The van der Waals surface area contributed by atoms with Gasteiger partial charge in [-0.3, -0.25) is 4.79 Å². The third-order valence-electron chi connectivity index (χ3n) is 5.00. The van der Waals surface area contributed by atoms with Gasteiger partial charge in [0, 0.05) is 5.39 Å². The van der Waals surface area contributed by atoms with Gasteiger partial charge in [-0.05, 0) is 45.0 Å². The van der Waals surface area contributed by atoms with Crippen LogP contribution in [0.1, 0.15) is 32.0 Å². The van der Waals surface area contributed by atoms with Crippen LogP contribution in [0.3, 0.4) is 0 Å². The number of carbonyl (C=O) groups is 2. The molecule has 1 aliphatic heterocycles. The quantitative estimate of drug-likeness (QED) is 0.590. The highest BCUT2D eigenvalue weighted by atomic mass is 19.4. The van der Waals surface area contributed by atoms with E-state index in [0.29, 0.717) is 16.7 Å². The van der Waals surface area contributed by atoms with Crippen LogP contribution in [0.5, 0.6) is 5.75 Å². The molecule has 180 valence electrons. The van der Waals surface area contributed by atoms with E-state index >= 15 is 0 Å². The van der Waals surface area contributed by atoms with Gasteiger partial charge in [-0.1, -0.05) is 23.4 Å². The monoisotopic (exact) mass is 477 g/mol. The van der Waals surface area contributed by atoms with Gasteiger partial charge in [-0.25, -0.2) is 4.79 Å². The number of hydrogen-bond acceptors (Lipinski definition) is 6. The number of nitrogens with one attached hydrogen (secondary N) is 1. The van der Waals surface area contributed by atoms with E-state index in [9.17, 15) is 22.8 Å². The minimum atomic E-state index is -4.72. The summed E-state index contributed by atoms with van der Waals surface area (Å²) < 4.78 is 57.1. The molecule has 0 saturated carbocycles. The van der Waals surface area contributed by atoms with Crippen molar-refractivity contribution in [3.8, 4) is 5.75 Å². The number of aromatic nitrogens is 1. The van der Waals surface area contributed by atoms with Gasteiger partial charge in [0.2, 0.25) is 0 Å². The molecule has 0 saturated heterocycles. The molecule has 2 amide bonds. The third-order valence-corrected chi connectivity index (χ3v) is 5.00. The summed E-state index contributed by atoms with van der Waals surface area (Å²) in [5.41, 5.74) is -1.18. The summed E-state index contributed by atoms with van der Waals surface area (Å²) in [7, 11) is 0. The highest BCUT2D eigenvalue weighted by Gasteiger charge is 2.41. The number of ether oxygens (including phenoxy) is 2. The fourth-order valence-electron chi connectivity index (χ4n) is 3.58. The number of alkyl carbamates (subject to hydrolysis) is 1. The number of benzene rings is 2. The van der Waals surface area contributed by atoms with E-state index in [-0.39, 0.29) is 12.2 Å². The van der Waals surface area contributed by atoms with Gasteiger partial charge in [-0.2, -0.15) is 13.2 Å². The normalized spacial score (nSPS) is 16.6. The Morgan fingerprint density at radius 3 is 2.62 bits per heavy atom. The van der Waals surface area contributed by atoms with Crippen molar-refractivity contribution < 1.29 is 36.8 Å². The number of amides is 2. The largest absolute Gasteiger partial charge is 0.488 e. The molecule has 8 nitrogen and oxygen atoms in total. The Bertz CT molecular complexity index is 1230. The number of halogens is 3. The first-order chi connectivity index (χ1) is 15.9. The van der Waals surface area contributed by atoms with E-state index in [2.05, 4.69) is 10.5 Å². The molecule has 4 rings (SSSR count). The lowest BCUT2D eigenvalue weighted by atomic mass is 10.1. The van der Waals surface area contributed by atoms with Crippen LogP contribution in [-0.2, 0) is 22.3 Å². The Morgan fingerprint density at radius 2 is 1.91 bits per heavy atom. The highest BCUT2D eigenvalue weighted by molar-refractivity contribution is 6.01. The number of hydrogen-bond donors (Lipinski definition) is 1. The minimum Gasteiger partial charge on any atom is -0.488 e. The predicted octanol–water partition coefficient (Wildman–Crippen LogP) is 4.67. The van der Waals surface area contributed by atoms with Crippen molar-refractivity contribution in [2.45, 2.75) is 45.1 Å². The zero-order valence-electron chi connectivity index (χ0n) is 18.6. The van der Waals surface area contributed by atoms with Crippen molar-refractivity contribution in [1.82, 2.24) is 10.5 Å². The van der Waals surface area contributed by atoms with Gasteiger partial charge in [0.25, 0.3) is 5.91 Å². The van der Waals surface area contributed by atoms with E-state index in [0.717, 1.165) is 11.0 Å². The Balaban J connectivity index is 1.75. The maximum atomic E-state index is 13.7. The molecule has 2 heterocycles. The molecule has 0 bridgehead atoms. The lowest BCUT2D eigenvalue weighted by molar-refractivity contribution is -0.138. The van der Waals surface area contributed by atoms with Gasteiger partial charge in [0.05, 0.1) is 17.8 Å². The summed E-state index contributed by atoms with van der Waals surface area (Å²) in [6.45, 7) is 4.20. The van der Waals surface area contributed by atoms with Crippen LogP contribution in [0.15, 0.2) is 47.0 Å². The summed E-state index contributed by atoms with van der Waals surface area (Å²) in [6.07, 6.45) is -5.62. The molecule has 0 spiro atoms. The number of alkyl halides is 3. The Morgan fingerprint density at radius 1 is 1.18 bits per heavy atom. The van der Waals surface area contributed by atoms with Crippen LogP contribution in [-0.4, -0.2) is 35.4 Å². The average molecular weight is 477 g/mol. The molecule has 0 unspecified atom stereocenters. The average Bonchev–Trinajstić information content (AvgIpc) is 3.10. The first-order valence-corrected chi connectivity index (χ1v) is 10.4. The van der Waals surface area contributed by atoms with Gasteiger partial charge in [0.15, 0.2) is 11.3 Å². The number of carbonyl (C=O) groups excluding carboxylic acids is 2. The SMILES string of the molecule is CC(C)(C)OC(=O)N[C@H]1COc2c(cccc2C(F)(F)F)N(Cc2noc3ccccc23)C1=O. The highest BCUT2D eigenvalue weighted by Crippen LogP contribution is 2.43. The summed E-state index contributed by atoms with van der Waals surface area (Å²) in [6, 6.07) is 9.00. The van der Waals surface area contributed by atoms with Crippen LogP contribution in [0.25, 0.3) is 11.0 Å². The summed E-state index contributed by atoms with van der Waals surface area (Å²) in [4.78, 5) is 26.9. The Hall–Kier alpha value is -3.76. The molecular weight excluding hydrogens is 455 g/mol. The zero-order valence-corrected chi connectivity index (χ0v) is 18.6. The zero-order chi connectivity index (χ0) is 24.7. The molecule has 1 aliphatic rings. The maximum absolute atomic E-state index is 13.7. The lowest BCUT2D eigenvalue weighted by Crippen LogP contribution is -2.51. The van der Waals surface area contributed by atoms with Crippen molar-refractivity contribution in [3.63, 3.8) is 0 Å². The lowest BCUT2D eigenvalue weighted by Gasteiger charge is -2.26. The summed E-state index contributed by atoms with van der Waals surface area (Å²) in [5.74, 6) is -1.19. The fraction of sp³-hybridized carbons (Fsp3) is 0.348. The number of rotatable bonds is 3. The van der Waals surface area contributed by atoms with Gasteiger partial charge < -0.3 is 24.2 Å². The summed E-state index contributed by atoms with van der Waals surface area (Å²) in [5, 5.41) is 6.99. The van der Waals surface area contributed by atoms with Crippen molar-refractivity contribution in [2.75, 3.05) is 11.5 Å². The van der Waals surface area contributed by atoms with Gasteiger partial charge in [0.1, 0.15) is 23.9 Å². The number of nitrogens with zero attached hydrogens (tertiary/aromatic N) is 2. The summed E-state index contributed by atoms with van der Waals surface area (Å²) >= 11 is 0. The number of anilines is 1. The van der Waals surface area contributed by atoms with E-state index in [4.69, 9.17) is 14.0 Å². The smallest absolute Gasteiger partial charge is 0.420 e. The maximum Gasteiger partial charge on any atom is 0.420 e. The molecule has 11 heteroatoms. The van der Waals surface area contributed by atoms with Gasteiger partial charge in [-0.15, -0.1) is 0 Å². The second-order valence-corrected chi connectivity index (χ2v) is 8.71. The van der Waals surface area contributed by atoms with Crippen LogP contribution < -0.4 is 15.0 Å². The first-order valence-electron chi connectivity index (χ1n) is 10.4. The second-order valence-electron chi connectivity index (χ2n) is 8.71. The molecule has 1 aromatic heterocycles. The predicted molar refractivity (Wildman–Crippen MR) is 115 cm³/mol. The van der Waals surface area contributed by atoms with Crippen molar-refractivity contribution in [1.29, 1.82) is 0 Å².